The average Bonchev–Trinajstić information content (AvgIpc) is 3.06. The van der Waals surface area contributed by atoms with Gasteiger partial charge in [0.25, 0.3) is 5.91 Å². The van der Waals surface area contributed by atoms with Crippen molar-refractivity contribution in [1.29, 1.82) is 0 Å². The van der Waals surface area contributed by atoms with E-state index < -0.39 is 0 Å². The van der Waals surface area contributed by atoms with Gasteiger partial charge in [-0.05, 0) is 45.4 Å². The van der Waals surface area contributed by atoms with E-state index in [0.29, 0.717) is 23.3 Å². The summed E-state index contributed by atoms with van der Waals surface area (Å²) >= 11 is 0. The summed E-state index contributed by atoms with van der Waals surface area (Å²) in [6.07, 6.45) is 8.18. The van der Waals surface area contributed by atoms with Crippen LogP contribution in [0.15, 0.2) is 12.1 Å². The van der Waals surface area contributed by atoms with Crippen molar-refractivity contribution in [2.24, 2.45) is 5.41 Å². The molecule has 2 aliphatic rings. The Hall–Kier alpha value is -1.33. The number of ether oxygens (including phenoxy) is 1. The van der Waals surface area contributed by atoms with Gasteiger partial charge in [-0.3, -0.25) is 9.69 Å². The molecule has 1 spiro atoms. The molecule has 1 N–H and O–H groups in total. The molecule has 140 valence electrons. The van der Waals surface area contributed by atoms with Gasteiger partial charge >= 0.3 is 0 Å². The maximum absolute atomic E-state index is 12.1. The molecule has 2 atom stereocenters. The molecule has 5 heteroatoms. The minimum atomic E-state index is 0.0257. The van der Waals surface area contributed by atoms with Crippen LogP contribution in [0.3, 0.4) is 0 Å². The number of hydrogen-bond acceptors (Lipinski definition) is 3. The SMILES string of the molecule is CCO[C@@H]1C[C@@H](N(C)Cc2ccc(C(=O)N(C)C)[nH]2)C12CCCCC2. The fourth-order valence-corrected chi connectivity index (χ4v) is 4.92. The number of rotatable bonds is 6. The Kier molecular flexibility index (Phi) is 5.54. The second-order valence-corrected chi connectivity index (χ2v) is 8.00. The van der Waals surface area contributed by atoms with E-state index in [2.05, 4.69) is 23.9 Å². The highest BCUT2D eigenvalue weighted by molar-refractivity contribution is 5.92. The summed E-state index contributed by atoms with van der Waals surface area (Å²) in [5, 5.41) is 0. The van der Waals surface area contributed by atoms with Gasteiger partial charge < -0.3 is 14.6 Å². The van der Waals surface area contributed by atoms with Crippen LogP contribution >= 0.6 is 0 Å². The summed E-state index contributed by atoms with van der Waals surface area (Å²) in [6.45, 7) is 3.78. The Balaban J connectivity index is 1.66. The molecule has 1 amide bonds. The van der Waals surface area contributed by atoms with E-state index in [1.807, 2.05) is 12.1 Å². The molecule has 0 aromatic carbocycles. The maximum Gasteiger partial charge on any atom is 0.269 e. The van der Waals surface area contributed by atoms with E-state index in [0.717, 1.165) is 25.3 Å². The number of hydrogen-bond donors (Lipinski definition) is 1. The Bertz CT molecular complexity index is 590. The minimum Gasteiger partial charge on any atom is -0.378 e. The summed E-state index contributed by atoms with van der Waals surface area (Å²) < 4.78 is 6.08. The van der Waals surface area contributed by atoms with Crippen molar-refractivity contribution in [3.63, 3.8) is 0 Å². The van der Waals surface area contributed by atoms with Crippen molar-refractivity contribution in [2.45, 2.75) is 64.1 Å². The predicted octanol–water partition coefficient (Wildman–Crippen LogP) is 3.28. The fourth-order valence-electron chi connectivity index (χ4n) is 4.92. The smallest absolute Gasteiger partial charge is 0.269 e. The molecule has 1 heterocycles. The monoisotopic (exact) mass is 347 g/mol. The van der Waals surface area contributed by atoms with E-state index in [-0.39, 0.29) is 5.91 Å². The van der Waals surface area contributed by atoms with Gasteiger partial charge in [0.2, 0.25) is 0 Å². The lowest BCUT2D eigenvalue weighted by Gasteiger charge is -2.60. The highest BCUT2D eigenvalue weighted by atomic mass is 16.5. The summed E-state index contributed by atoms with van der Waals surface area (Å²) in [5.74, 6) is 0.0257. The number of carbonyl (C=O) groups is 1. The molecular formula is C20H33N3O2. The number of nitrogens with one attached hydrogen (secondary N) is 1. The van der Waals surface area contributed by atoms with Crippen molar-refractivity contribution in [2.75, 3.05) is 27.7 Å². The van der Waals surface area contributed by atoms with Crippen LogP contribution in [0.2, 0.25) is 0 Å². The Morgan fingerprint density at radius 2 is 1.96 bits per heavy atom. The zero-order chi connectivity index (χ0) is 18.0. The van der Waals surface area contributed by atoms with Gasteiger partial charge in [-0.1, -0.05) is 19.3 Å². The first-order valence-corrected chi connectivity index (χ1v) is 9.69. The first-order valence-electron chi connectivity index (χ1n) is 9.69. The molecular weight excluding hydrogens is 314 g/mol. The van der Waals surface area contributed by atoms with Crippen LogP contribution in [0.5, 0.6) is 0 Å². The van der Waals surface area contributed by atoms with Gasteiger partial charge in [0, 0.05) is 44.4 Å². The highest BCUT2D eigenvalue weighted by Crippen LogP contribution is 2.55. The van der Waals surface area contributed by atoms with Gasteiger partial charge in [-0.25, -0.2) is 0 Å². The first kappa shape index (κ1) is 18.5. The lowest BCUT2D eigenvalue weighted by Crippen LogP contribution is -2.64. The van der Waals surface area contributed by atoms with Gasteiger partial charge in [-0.2, -0.15) is 0 Å². The Labute approximate surface area is 151 Å². The molecule has 2 aliphatic carbocycles. The molecule has 0 unspecified atom stereocenters. The van der Waals surface area contributed by atoms with Crippen LogP contribution in [0.1, 0.15) is 61.6 Å². The van der Waals surface area contributed by atoms with Crippen LogP contribution in [-0.2, 0) is 11.3 Å². The van der Waals surface area contributed by atoms with E-state index in [9.17, 15) is 4.79 Å². The first-order chi connectivity index (χ1) is 12.0. The molecule has 3 rings (SSSR count). The minimum absolute atomic E-state index is 0.0257. The van der Waals surface area contributed by atoms with Gasteiger partial charge in [-0.15, -0.1) is 0 Å². The van der Waals surface area contributed by atoms with Crippen molar-refractivity contribution in [1.82, 2.24) is 14.8 Å². The van der Waals surface area contributed by atoms with E-state index in [1.165, 1.54) is 32.1 Å². The Morgan fingerprint density at radius 1 is 1.24 bits per heavy atom. The molecule has 0 aliphatic heterocycles. The normalized spacial score (nSPS) is 25.2. The zero-order valence-electron chi connectivity index (χ0n) is 16.2. The average molecular weight is 348 g/mol. The summed E-state index contributed by atoms with van der Waals surface area (Å²) in [4.78, 5) is 19.4. The second kappa shape index (κ2) is 7.50. The van der Waals surface area contributed by atoms with Crippen molar-refractivity contribution >= 4 is 5.91 Å². The van der Waals surface area contributed by atoms with Crippen LogP contribution < -0.4 is 0 Å². The largest absolute Gasteiger partial charge is 0.378 e. The van der Waals surface area contributed by atoms with Gasteiger partial charge in [0.1, 0.15) is 5.69 Å². The predicted molar refractivity (Wildman–Crippen MR) is 99.6 cm³/mol. The van der Waals surface area contributed by atoms with E-state index in [4.69, 9.17) is 4.74 Å². The molecule has 25 heavy (non-hydrogen) atoms. The molecule has 0 saturated heterocycles. The standard InChI is InChI=1S/C20H33N3O2/c1-5-25-18-13-17(20(18)11-7-6-8-12-20)23(4)14-15-9-10-16(21-15)19(24)22(2)3/h9-10,17-18,21H,5-8,11-14H2,1-4H3/t17-,18-/m1/s1. The van der Waals surface area contributed by atoms with Crippen molar-refractivity contribution in [3.05, 3.63) is 23.5 Å². The van der Waals surface area contributed by atoms with E-state index >= 15 is 0 Å². The van der Waals surface area contributed by atoms with Crippen LogP contribution in [0, 0.1) is 5.41 Å². The number of nitrogens with zero attached hydrogens (tertiary/aromatic N) is 2. The highest BCUT2D eigenvalue weighted by Gasteiger charge is 2.56. The third kappa shape index (κ3) is 3.49. The molecule has 2 saturated carbocycles. The number of aromatic nitrogens is 1. The number of carbonyl (C=O) groups excluding carboxylic acids is 1. The topological polar surface area (TPSA) is 48.6 Å². The fraction of sp³-hybridized carbons (Fsp3) is 0.750. The summed E-state index contributed by atoms with van der Waals surface area (Å²) in [7, 11) is 5.78. The lowest BCUT2D eigenvalue weighted by molar-refractivity contribution is -0.180. The molecule has 0 radical (unpaired) electrons. The summed E-state index contributed by atoms with van der Waals surface area (Å²) in [5.41, 5.74) is 2.12. The number of aromatic amines is 1. The molecule has 2 fully saturated rings. The molecule has 0 bridgehead atoms. The van der Waals surface area contributed by atoms with Crippen LogP contribution in [0.25, 0.3) is 0 Å². The lowest BCUT2D eigenvalue weighted by atomic mass is 9.54. The van der Waals surface area contributed by atoms with Crippen LogP contribution in [0.4, 0.5) is 0 Å². The summed E-state index contributed by atoms with van der Waals surface area (Å²) in [6, 6.07) is 4.52. The zero-order valence-corrected chi connectivity index (χ0v) is 16.2. The van der Waals surface area contributed by atoms with Crippen molar-refractivity contribution < 1.29 is 9.53 Å². The Morgan fingerprint density at radius 3 is 2.60 bits per heavy atom. The van der Waals surface area contributed by atoms with Gasteiger partial charge in [0.15, 0.2) is 0 Å². The maximum atomic E-state index is 12.1. The molecule has 1 aromatic rings. The third-order valence-electron chi connectivity index (χ3n) is 6.23. The second-order valence-electron chi connectivity index (χ2n) is 8.00. The molecule has 5 nitrogen and oxygen atoms in total. The molecule has 1 aromatic heterocycles. The van der Waals surface area contributed by atoms with E-state index in [1.54, 1.807) is 19.0 Å². The number of H-pyrrole nitrogens is 1. The van der Waals surface area contributed by atoms with Crippen LogP contribution in [-0.4, -0.2) is 60.6 Å². The third-order valence-corrected chi connectivity index (χ3v) is 6.23. The van der Waals surface area contributed by atoms with Crippen molar-refractivity contribution in [3.8, 4) is 0 Å². The number of amides is 1. The quantitative estimate of drug-likeness (QED) is 0.859. The van der Waals surface area contributed by atoms with Gasteiger partial charge in [0.05, 0.1) is 6.10 Å².